The van der Waals surface area contributed by atoms with Crippen molar-refractivity contribution in [2.24, 2.45) is 4.99 Å². The molecule has 0 N–H and O–H groups in total. The lowest BCUT2D eigenvalue weighted by molar-refractivity contribution is -0.130. The molecular formula is C23H17BrClNO5. The van der Waals surface area contributed by atoms with E-state index in [-0.39, 0.29) is 11.6 Å². The van der Waals surface area contributed by atoms with E-state index in [0.29, 0.717) is 41.1 Å². The molecule has 0 saturated heterocycles. The van der Waals surface area contributed by atoms with E-state index in [1.807, 2.05) is 31.2 Å². The molecule has 0 fully saturated rings. The van der Waals surface area contributed by atoms with Crippen molar-refractivity contribution in [3.63, 3.8) is 0 Å². The number of carbonyl (C=O) groups excluding carboxylic acids is 1. The summed E-state index contributed by atoms with van der Waals surface area (Å²) in [6.07, 6.45) is 3.05. The van der Waals surface area contributed by atoms with E-state index in [9.17, 15) is 4.79 Å². The van der Waals surface area contributed by atoms with Crippen LogP contribution in [0, 0.1) is 0 Å². The lowest BCUT2D eigenvalue weighted by Gasteiger charge is -2.14. The quantitative estimate of drug-likeness (QED) is 0.292. The standard InChI is InChI=1S/C23H17BrClNO5/c1-2-28-20-12-15(11-18-23(27)31-22(26-18)19-7-4-8-29-19)10-17(25)21(20)30-13-14-5-3-6-16(24)9-14/h3-12H,2,13H2,1H3/b18-11-. The Balaban J connectivity index is 1.61. The highest BCUT2D eigenvalue weighted by Crippen LogP contribution is 2.38. The summed E-state index contributed by atoms with van der Waals surface area (Å²) in [5, 5.41) is 0.356. The summed E-state index contributed by atoms with van der Waals surface area (Å²) in [6.45, 7) is 2.61. The monoisotopic (exact) mass is 501 g/mol. The van der Waals surface area contributed by atoms with Gasteiger partial charge in [0.05, 0.1) is 17.9 Å². The lowest BCUT2D eigenvalue weighted by Crippen LogP contribution is -2.04. The van der Waals surface area contributed by atoms with E-state index in [1.165, 1.54) is 6.26 Å². The summed E-state index contributed by atoms with van der Waals surface area (Å²) in [4.78, 5) is 16.4. The minimum absolute atomic E-state index is 0.117. The number of hydrogen-bond donors (Lipinski definition) is 0. The zero-order valence-corrected chi connectivity index (χ0v) is 18.8. The molecular weight excluding hydrogens is 486 g/mol. The van der Waals surface area contributed by atoms with E-state index >= 15 is 0 Å². The predicted molar refractivity (Wildman–Crippen MR) is 120 cm³/mol. The average molecular weight is 503 g/mol. The molecule has 2 aromatic carbocycles. The average Bonchev–Trinajstić information content (AvgIpc) is 3.38. The highest BCUT2D eigenvalue weighted by atomic mass is 79.9. The Morgan fingerprint density at radius 3 is 2.77 bits per heavy atom. The first-order chi connectivity index (χ1) is 15.0. The number of ether oxygens (including phenoxy) is 3. The molecule has 0 spiro atoms. The number of carbonyl (C=O) groups is 1. The predicted octanol–water partition coefficient (Wildman–Crippen LogP) is 6.02. The zero-order valence-electron chi connectivity index (χ0n) is 16.4. The van der Waals surface area contributed by atoms with E-state index in [2.05, 4.69) is 20.9 Å². The molecule has 0 amide bonds. The first kappa shape index (κ1) is 21.2. The zero-order chi connectivity index (χ0) is 21.8. The fraction of sp³-hybridized carbons (Fsp3) is 0.130. The Kier molecular flexibility index (Phi) is 6.44. The molecule has 31 heavy (non-hydrogen) atoms. The maximum absolute atomic E-state index is 12.2. The Labute approximate surface area is 192 Å². The van der Waals surface area contributed by atoms with Crippen molar-refractivity contribution in [3.8, 4) is 11.5 Å². The molecule has 2 heterocycles. The molecule has 0 saturated carbocycles. The topological polar surface area (TPSA) is 70.3 Å². The van der Waals surface area contributed by atoms with Crippen LogP contribution < -0.4 is 9.47 Å². The molecule has 0 bridgehead atoms. The van der Waals surface area contributed by atoms with Crippen molar-refractivity contribution in [1.29, 1.82) is 0 Å². The SMILES string of the molecule is CCOc1cc(/C=C2\N=C(c3ccco3)OC2=O)cc(Cl)c1OCc1cccc(Br)c1. The minimum Gasteiger partial charge on any atom is -0.490 e. The second-order valence-corrected chi connectivity index (χ2v) is 7.82. The maximum atomic E-state index is 12.2. The number of halogens is 2. The second kappa shape index (κ2) is 9.41. The van der Waals surface area contributed by atoms with Crippen molar-refractivity contribution in [2.45, 2.75) is 13.5 Å². The highest BCUT2D eigenvalue weighted by molar-refractivity contribution is 9.10. The molecule has 1 aliphatic heterocycles. The van der Waals surface area contributed by atoms with Crippen molar-refractivity contribution < 1.29 is 23.4 Å². The van der Waals surface area contributed by atoms with Gasteiger partial charge in [0.15, 0.2) is 23.0 Å². The van der Waals surface area contributed by atoms with Crippen LogP contribution in [0.5, 0.6) is 11.5 Å². The summed E-state index contributed by atoms with van der Waals surface area (Å²) in [6, 6.07) is 14.6. The molecule has 1 aromatic heterocycles. The van der Waals surface area contributed by atoms with Crippen LogP contribution in [0.3, 0.4) is 0 Å². The molecule has 4 rings (SSSR count). The minimum atomic E-state index is -0.574. The van der Waals surface area contributed by atoms with Gasteiger partial charge >= 0.3 is 5.97 Å². The Morgan fingerprint density at radius 1 is 1.16 bits per heavy atom. The smallest absolute Gasteiger partial charge is 0.363 e. The molecule has 3 aromatic rings. The Bertz CT molecular complexity index is 1170. The van der Waals surface area contributed by atoms with Gasteiger partial charge in [-0.2, -0.15) is 0 Å². The van der Waals surface area contributed by atoms with Crippen LogP contribution in [0.15, 0.2) is 74.4 Å². The van der Waals surface area contributed by atoms with Gasteiger partial charge in [0, 0.05) is 4.47 Å². The van der Waals surface area contributed by atoms with Crippen LogP contribution >= 0.6 is 27.5 Å². The van der Waals surface area contributed by atoms with Crippen LogP contribution in [0.25, 0.3) is 6.08 Å². The number of rotatable bonds is 7. The second-order valence-electron chi connectivity index (χ2n) is 6.49. The van der Waals surface area contributed by atoms with E-state index in [0.717, 1.165) is 10.0 Å². The van der Waals surface area contributed by atoms with E-state index in [4.69, 9.17) is 30.2 Å². The number of nitrogens with zero attached hydrogens (tertiary/aromatic N) is 1. The Morgan fingerprint density at radius 2 is 2.03 bits per heavy atom. The van der Waals surface area contributed by atoms with Crippen LogP contribution in [0.4, 0.5) is 0 Å². The third-order valence-corrected chi connectivity index (χ3v) is 5.03. The third-order valence-electron chi connectivity index (χ3n) is 4.26. The van der Waals surface area contributed by atoms with Crippen molar-refractivity contribution in [2.75, 3.05) is 6.61 Å². The van der Waals surface area contributed by atoms with Gasteiger partial charge in [0.2, 0.25) is 0 Å². The first-order valence-electron chi connectivity index (χ1n) is 9.43. The lowest BCUT2D eigenvalue weighted by atomic mass is 10.1. The van der Waals surface area contributed by atoms with Gasteiger partial charge in [-0.15, -0.1) is 0 Å². The van der Waals surface area contributed by atoms with Crippen LogP contribution in [-0.4, -0.2) is 18.5 Å². The Hall–Kier alpha value is -3.03. The highest BCUT2D eigenvalue weighted by Gasteiger charge is 2.26. The fourth-order valence-corrected chi connectivity index (χ4v) is 3.65. The summed E-state index contributed by atoms with van der Waals surface area (Å²) in [5.41, 5.74) is 1.74. The largest absolute Gasteiger partial charge is 0.490 e. The summed E-state index contributed by atoms with van der Waals surface area (Å²) < 4.78 is 23.0. The number of esters is 1. The van der Waals surface area contributed by atoms with E-state index < -0.39 is 5.97 Å². The molecule has 0 aliphatic carbocycles. The van der Waals surface area contributed by atoms with Gasteiger partial charge in [0.1, 0.15) is 6.61 Å². The van der Waals surface area contributed by atoms with Crippen LogP contribution in [0.2, 0.25) is 5.02 Å². The molecule has 0 radical (unpaired) electrons. The molecule has 158 valence electrons. The molecule has 1 aliphatic rings. The van der Waals surface area contributed by atoms with Crippen molar-refractivity contribution >= 4 is 45.5 Å². The van der Waals surface area contributed by atoms with Gasteiger partial charge in [-0.05, 0) is 60.5 Å². The van der Waals surface area contributed by atoms with Crippen molar-refractivity contribution in [1.82, 2.24) is 0 Å². The molecule has 8 heteroatoms. The summed E-state index contributed by atoms with van der Waals surface area (Å²) in [7, 11) is 0. The third kappa shape index (κ3) is 5.00. The van der Waals surface area contributed by atoms with Gasteiger partial charge in [-0.1, -0.05) is 39.7 Å². The molecule has 0 unspecified atom stereocenters. The summed E-state index contributed by atoms with van der Waals surface area (Å²) in [5.74, 6) is 0.820. The molecule has 0 atom stereocenters. The maximum Gasteiger partial charge on any atom is 0.363 e. The van der Waals surface area contributed by atoms with Gasteiger partial charge in [0.25, 0.3) is 5.90 Å². The van der Waals surface area contributed by atoms with Crippen LogP contribution in [0.1, 0.15) is 23.8 Å². The number of aliphatic imine (C=N–C) groups is 1. The van der Waals surface area contributed by atoms with Gasteiger partial charge < -0.3 is 18.6 Å². The fourth-order valence-electron chi connectivity index (χ4n) is 2.93. The first-order valence-corrected chi connectivity index (χ1v) is 10.6. The number of hydrogen-bond acceptors (Lipinski definition) is 6. The number of benzene rings is 2. The number of cyclic esters (lactones) is 1. The summed E-state index contributed by atoms with van der Waals surface area (Å²) >= 11 is 9.94. The van der Waals surface area contributed by atoms with Crippen LogP contribution in [-0.2, 0) is 16.1 Å². The van der Waals surface area contributed by atoms with E-state index in [1.54, 1.807) is 30.3 Å². The number of furan rings is 1. The van der Waals surface area contributed by atoms with Gasteiger partial charge in [-0.3, -0.25) is 0 Å². The van der Waals surface area contributed by atoms with Crippen molar-refractivity contribution in [3.05, 3.63) is 86.9 Å². The molecule has 6 nitrogen and oxygen atoms in total. The normalized spacial score (nSPS) is 14.5. The van der Waals surface area contributed by atoms with Gasteiger partial charge in [-0.25, -0.2) is 9.79 Å².